The Bertz CT molecular complexity index is 518. The van der Waals surface area contributed by atoms with Crippen molar-refractivity contribution >= 4 is 17.5 Å². The number of nitrogens with zero attached hydrogens (tertiary/aromatic N) is 3. The molecule has 1 aromatic heterocycles. The van der Waals surface area contributed by atoms with Gasteiger partial charge in [-0.3, -0.25) is 4.79 Å². The fraction of sp³-hybridized carbons (Fsp3) is 0.643. The largest absolute Gasteiger partial charge is 0.369 e. The number of rotatable bonds is 4. The van der Waals surface area contributed by atoms with Gasteiger partial charge in [0.15, 0.2) is 0 Å². The van der Waals surface area contributed by atoms with Crippen molar-refractivity contribution in [1.82, 2.24) is 9.97 Å². The number of carbonyl (C=O) groups excluding carboxylic acids is 1. The van der Waals surface area contributed by atoms with Gasteiger partial charge in [-0.15, -0.1) is 0 Å². The molecule has 5 N–H and O–H groups in total. The number of piperidine rings is 1. The molecule has 21 heavy (non-hydrogen) atoms. The Hall–Kier alpha value is -1.89. The number of aromatic nitrogens is 2. The molecule has 0 spiro atoms. The van der Waals surface area contributed by atoms with E-state index in [1.807, 2.05) is 19.9 Å². The van der Waals surface area contributed by atoms with Crippen molar-refractivity contribution < 1.29 is 4.79 Å². The summed E-state index contributed by atoms with van der Waals surface area (Å²) in [5.41, 5.74) is 8.04. The summed E-state index contributed by atoms with van der Waals surface area (Å²) >= 11 is 0. The van der Waals surface area contributed by atoms with Crippen LogP contribution in [0, 0.1) is 5.92 Å². The maximum Gasteiger partial charge on any atom is 0.222 e. The van der Waals surface area contributed by atoms with Crippen molar-refractivity contribution in [3.05, 3.63) is 11.9 Å². The minimum atomic E-state index is -0.248. The summed E-state index contributed by atoms with van der Waals surface area (Å²) in [5.74, 6) is 7.42. The maximum atomic E-state index is 11.5. The van der Waals surface area contributed by atoms with E-state index in [0.717, 1.165) is 24.5 Å². The van der Waals surface area contributed by atoms with Gasteiger partial charge in [-0.05, 0) is 19.8 Å². The molecular weight excluding hydrogens is 268 g/mol. The van der Waals surface area contributed by atoms with Gasteiger partial charge in [0.05, 0.1) is 5.92 Å². The molecule has 1 fully saturated rings. The van der Waals surface area contributed by atoms with Crippen molar-refractivity contribution in [2.75, 3.05) is 16.9 Å². The van der Waals surface area contributed by atoms with Gasteiger partial charge < -0.3 is 16.1 Å². The Morgan fingerprint density at radius 2 is 2.14 bits per heavy atom. The van der Waals surface area contributed by atoms with E-state index in [0.29, 0.717) is 18.4 Å². The van der Waals surface area contributed by atoms with E-state index in [2.05, 4.69) is 27.2 Å². The highest BCUT2D eigenvalue weighted by atomic mass is 16.1. The van der Waals surface area contributed by atoms with Crippen molar-refractivity contribution in [2.24, 2.45) is 17.5 Å². The molecule has 2 rings (SSSR count). The number of hydrogen-bond donors (Lipinski definition) is 3. The predicted octanol–water partition coefficient (Wildman–Crippen LogP) is 0.976. The van der Waals surface area contributed by atoms with Gasteiger partial charge in [-0.25, -0.2) is 15.8 Å². The number of hydrogen-bond acceptors (Lipinski definition) is 6. The van der Waals surface area contributed by atoms with Gasteiger partial charge >= 0.3 is 0 Å². The van der Waals surface area contributed by atoms with Gasteiger partial charge in [-0.1, -0.05) is 13.8 Å². The molecule has 2 heterocycles. The number of nitrogens with one attached hydrogen (secondary N) is 1. The van der Waals surface area contributed by atoms with Crippen LogP contribution < -0.4 is 21.9 Å². The average molecular weight is 292 g/mol. The van der Waals surface area contributed by atoms with E-state index in [-0.39, 0.29) is 17.7 Å². The Morgan fingerprint density at radius 1 is 1.43 bits per heavy atom. The molecular formula is C14H24N6O. The first kappa shape index (κ1) is 15.5. The molecule has 2 atom stereocenters. The van der Waals surface area contributed by atoms with E-state index in [1.54, 1.807) is 0 Å². The Labute approximate surface area is 125 Å². The normalized spacial score (nSPS) is 22.4. The standard InChI is InChI=1S/C14H24N6O/c1-8(2)14-17-11(19-16)6-12(18-14)20-7-10(13(15)21)5-4-9(20)3/h6,8-10H,4-5,7,16H2,1-3H3,(H2,15,21)(H,17,18,19). The molecule has 2 unspecified atom stereocenters. The van der Waals surface area contributed by atoms with Crippen LogP contribution in [0.15, 0.2) is 6.07 Å². The van der Waals surface area contributed by atoms with Crippen LogP contribution in [0.5, 0.6) is 0 Å². The number of hydrazine groups is 1. The summed E-state index contributed by atoms with van der Waals surface area (Å²) < 4.78 is 0. The first-order valence-corrected chi connectivity index (χ1v) is 7.34. The third kappa shape index (κ3) is 3.41. The summed E-state index contributed by atoms with van der Waals surface area (Å²) in [6, 6.07) is 2.12. The van der Waals surface area contributed by atoms with Gasteiger partial charge in [0.25, 0.3) is 0 Å². The number of carbonyl (C=O) groups is 1. The number of primary amides is 1. The topological polar surface area (TPSA) is 110 Å². The minimum absolute atomic E-state index is 0.132. The van der Waals surface area contributed by atoms with Gasteiger partial charge in [-0.2, -0.15) is 0 Å². The lowest BCUT2D eigenvalue weighted by Crippen LogP contribution is -2.46. The third-order valence-corrected chi connectivity index (χ3v) is 3.97. The monoisotopic (exact) mass is 292 g/mol. The minimum Gasteiger partial charge on any atom is -0.369 e. The highest BCUT2D eigenvalue weighted by molar-refractivity contribution is 5.77. The number of amides is 1. The molecule has 1 saturated heterocycles. The molecule has 1 aromatic rings. The van der Waals surface area contributed by atoms with Crippen LogP contribution in [-0.4, -0.2) is 28.5 Å². The summed E-state index contributed by atoms with van der Waals surface area (Å²) in [6.45, 7) is 6.79. The van der Waals surface area contributed by atoms with Crippen molar-refractivity contribution in [2.45, 2.75) is 45.6 Å². The SMILES string of the molecule is CC(C)c1nc(NN)cc(N2CC(C(N)=O)CCC2C)n1. The van der Waals surface area contributed by atoms with Crippen molar-refractivity contribution in [1.29, 1.82) is 0 Å². The molecule has 0 aromatic carbocycles. The summed E-state index contributed by atoms with van der Waals surface area (Å²) in [4.78, 5) is 22.6. The molecule has 0 bridgehead atoms. The molecule has 1 aliphatic heterocycles. The van der Waals surface area contributed by atoms with Crippen LogP contribution in [-0.2, 0) is 4.79 Å². The van der Waals surface area contributed by atoms with Crippen molar-refractivity contribution in [3.8, 4) is 0 Å². The Morgan fingerprint density at radius 3 is 2.71 bits per heavy atom. The fourth-order valence-electron chi connectivity index (χ4n) is 2.59. The van der Waals surface area contributed by atoms with Gasteiger partial charge in [0.2, 0.25) is 5.91 Å². The van der Waals surface area contributed by atoms with E-state index in [4.69, 9.17) is 11.6 Å². The number of nitrogens with two attached hydrogens (primary N) is 2. The maximum absolute atomic E-state index is 11.5. The van der Waals surface area contributed by atoms with Crippen LogP contribution in [0.4, 0.5) is 11.6 Å². The smallest absolute Gasteiger partial charge is 0.222 e. The zero-order valence-corrected chi connectivity index (χ0v) is 12.8. The molecule has 0 aliphatic carbocycles. The molecule has 7 nitrogen and oxygen atoms in total. The lowest BCUT2D eigenvalue weighted by molar-refractivity contribution is -0.122. The summed E-state index contributed by atoms with van der Waals surface area (Å²) in [5, 5.41) is 0. The molecule has 7 heteroatoms. The number of nitrogen functional groups attached to an aromatic ring is 1. The molecule has 0 saturated carbocycles. The van der Waals surface area contributed by atoms with Crippen molar-refractivity contribution in [3.63, 3.8) is 0 Å². The fourth-order valence-corrected chi connectivity index (χ4v) is 2.59. The lowest BCUT2D eigenvalue weighted by Gasteiger charge is -2.38. The second kappa shape index (κ2) is 6.26. The first-order chi connectivity index (χ1) is 9.92. The highest BCUT2D eigenvalue weighted by Gasteiger charge is 2.30. The van der Waals surface area contributed by atoms with Crippen LogP contribution in [0.3, 0.4) is 0 Å². The summed E-state index contributed by atoms with van der Waals surface area (Å²) in [6.07, 6.45) is 1.75. The Kier molecular flexibility index (Phi) is 4.62. The lowest BCUT2D eigenvalue weighted by atomic mass is 9.93. The molecule has 0 radical (unpaired) electrons. The van der Waals surface area contributed by atoms with Gasteiger partial charge in [0, 0.05) is 24.6 Å². The van der Waals surface area contributed by atoms with Crippen LogP contribution in [0.1, 0.15) is 45.4 Å². The van der Waals surface area contributed by atoms with E-state index in [9.17, 15) is 4.79 Å². The van der Waals surface area contributed by atoms with E-state index in [1.165, 1.54) is 0 Å². The van der Waals surface area contributed by atoms with Crippen LogP contribution in [0.2, 0.25) is 0 Å². The first-order valence-electron chi connectivity index (χ1n) is 7.34. The highest BCUT2D eigenvalue weighted by Crippen LogP contribution is 2.28. The zero-order chi connectivity index (χ0) is 15.6. The zero-order valence-electron chi connectivity index (χ0n) is 12.8. The second-order valence-corrected chi connectivity index (χ2v) is 5.95. The third-order valence-electron chi connectivity index (χ3n) is 3.97. The van der Waals surface area contributed by atoms with E-state index < -0.39 is 0 Å². The average Bonchev–Trinajstić information content (AvgIpc) is 2.46. The molecule has 1 amide bonds. The molecule has 1 aliphatic rings. The Balaban J connectivity index is 2.34. The van der Waals surface area contributed by atoms with E-state index >= 15 is 0 Å². The molecule has 116 valence electrons. The predicted molar refractivity (Wildman–Crippen MR) is 82.7 cm³/mol. The number of anilines is 2. The van der Waals surface area contributed by atoms with Gasteiger partial charge in [0.1, 0.15) is 17.5 Å². The summed E-state index contributed by atoms with van der Waals surface area (Å²) in [7, 11) is 0. The van der Waals surface area contributed by atoms with Crippen LogP contribution >= 0.6 is 0 Å². The van der Waals surface area contributed by atoms with Crippen LogP contribution in [0.25, 0.3) is 0 Å². The second-order valence-electron chi connectivity index (χ2n) is 5.95. The quantitative estimate of drug-likeness (QED) is 0.563.